The molecule has 2 heterocycles. The zero-order valence-corrected chi connectivity index (χ0v) is 16.1. The molecule has 3 nitrogen and oxygen atoms in total. The summed E-state index contributed by atoms with van der Waals surface area (Å²) >= 11 is 12.3. The lowest BCUT2D eigenvalue weighted by Gasteiger charge is -2.17. The number of pyridine rings is 1. The number of likely N-dealkylation sites (tertiary alicyclic amines) is 1. The summed E-state index contributed by atoms with van der Waals surface area (Å²) in [6.07, 6.45) is 4.63. The Morgan fingerprint density at radius 2 is 1.89 bits per heavy atom. The van der Waals surface area contributed by atoms with E-state index in [-0.39, 0.29) is 5.91 Å². The molecule has 0 spiro atoms. The Morgan fingerprint density at radius 1 is 1.07 bits per heavy atom. The highest BCUT2D eigenvalue weighted by atomic mass is 35.5. The minimum Gasteiger partial charge on any atom is -0.338 e. The quantitative estimate of drug-likeness (QED) is 0.569. The van der Waals surface area contributed by atoms with Crippen LogP contribution in [0.1, 0.15) is 28.3 Å². The highest BCUT2D eigenvalue weighted by Crippen LogP contribution is 2.31. The van der Waals surface area contributed by atoms with Gasteiger partial charge in [-0.1, -0.05) is 41.4 Å². The maximum Gasteiger partial charge on any atom is 0.253 e. The fourth-order valence-electron chi connectivity index (χ4n) is 3.53. The molecular formula is C22H18Cl2N2O. The van der Waals surface area contributed by atoms with Gasteiger partial charge in [0.1, 0.15) is 0 Å². The van der Waals surface area contributed by atoms with Crippen LogP contribution in [0.4, 0.5) is 0 Å². The van der Waals surface area contributed by atoms with E-state index >= 15 is 0 Å². The second-order valence-electron chi connectivity index (χ2n) is 6.72. The van der Waals surface area contributed by atoms with Crippen LogP contribution in [0.15, 0.2) is 67.0 Å². The SMILES string of the molecule is O=C(c1ccc(-c2cc(Cl)ccc2Cl)cc1)N1CCC(c2cccnc2)C1. The standard InChI is InChI=1S/C22H18Cl2N2O/c23-19-7-8-21(24)20(12-19)15-3-5-16(6-4-15)22(27)26-11-9-18(14-26)17-2-1-10-25-13-17/h1-8,10,12-13,18H,9,11,14H2. The van der Waals surface area contributed by atoms with Crippen LogP contribution in [0.25, 0.3) is 11.1 Å². The molecule has 0 N–H and O–H groups in total. The number of hydrogen-bond acceptors (Lipinski definition) is 2. The van der Waals surface area contributed by atoms with Gasteiger partial charge in [0.05, 0.1) is 0 Å². The van der Waals surface area contributed by atoms with Gasteiger partial charge >= 0.3 is 0 Å². The van der Waals surface area contributed by atoms with Gasteiger partial charge in [-0.15, -0.1) is 0 Å². The molecule has 1 saturated heterocycles. The number of aromatic nitrogens is 1. The molecule has 0 bridgehead atoms. The molecule has 136 valence electrons. The Bertz CT molecular complexity index is 958. The highest BCUT2D eigenvalue weighted by Gasteiger charge is 2.28. The van der Waals surface area contributed by atoms with Crippen LogP contribution < -0.4 is 0 Å². The first-order chi connectivity index (χ1) is 13.1. The van der Waals surface area contributed by atoms with E-state index in [1.807, 2.05) is 47.5 Å². The molecule has 1 amide bonds. The third kappa shape index (κ3) is 3.85. The van der Waals surface area contributed by atoms with Gasteiger partial charge in [0.25, 0.3) is 5.91 Å². The summed E-state index contributed by atoms with van der Waals surface area (Å²) in [4.78, 5) is 19.0. The van der Waals surface area contributed by atoms with E-state index in [4.69, 9.17) is 23.2 Å². The number of benzene rings is 2. The van der Waals surface area contributed by atoms with Crippen molar-refractivity contribution in [2.75, 3.05) is 13.1 Å². The number of hydrogen-bond donors (Lipinski definition) is 0. The van der Waals surface area contributed by atoms with Crippen molar-refractivity contribution >= 4 is 29.1 Å². The maximum absolute atomic E-state index is 12.9. The number of amides is 1. The van der Waals surface area contributed by atoms with Crippen molar-refractivity contribution < 1.29 is 4.79 Å². The first kappa shape index (κ1) is 18.0. The first-order valence-corrected chi connectivity index (χ1v) is 9.62. The summed E-state index contributed by atoms with van der Waals surface area (Å²) in [5, 5.41) is 1.27. The maximum atomic E-state index is 12.9. The smallest absolute Gasteiger partial charge is 0.253 e. The molecule has 0 saturated carbocycles. The minimum absolute atomic E-state index is 0.0603. The number of carbonyl (C=O) groups is 1. The van der Waals surface area contributed by atoms with Crippen molar-refractivity contribution in [3.8, 4) is 11.1 Å². The summed E-state index contributed by atoms with van der Waals surface area (Å²) in [6, 6.07) is 16.9. The molecular weight excluding hydrogens is 379 g/mol. The van der Waals surface area contributed by atoms with Gasteiger partial charge < -0.3 is 4.90 Å². The van der Waals surface area contributed by atoms with Crippen LogP contribution in [0.5, 0.6) is 0 Å². The summed E-state index contributed by atoms with van der Waals surface area (Å²) in [6.45, 7) is 1.49. The van der Waals surface area contributed by atoms with Crippen molar-refractivity contribution in [2.24, 2.45) is 0 Å². The Morgan fingerprint density at radius 3 is 2.63 bits per heavy atom. The van der Waals surface area contributed by atoms with Crippen molar-refractivity contribution in [2.45, 2.75) is 12.3 Å². The first-order valence-electron chi connectivity index (χ1n) is 8.86. The number of rotatable bonds is 3. The van der Waals surface area contributed by atoms with Crippen LogP contribution in [0.2, 0.25) is 10.0 Å². The molecule has 5 heteroatoms. The fraction of sp³-hybridized carbons (Fsp3) is 0.182. The lowest BCUT2D eigenvalue weighted by atomic mass is 10.0. The molecule has 1 unspecified atom stereocenters. The summed E-state index contributed by atoms with van der Waals surface area (Å²) in [5.41, 5.74) is 3.68. The lowest BCUT2D eigenvalue weighted by Crippen LogP contribution is -2.28. The van der Waals surface area contributed by atoms with E-state index in [9.17, 15) is 4.79 Å². The van der Waals surface area contributed by atoms with Crippen LogP contribution in [0.3, 0.4) is 0 Å². The van der Waals surface area contributed by atoms with Crippen molar-refractivity contribution in [3.05, 3.63) is 88.2 Å². The highest BCUT2D eigenvalue weighted by molar-refractivity contribution is 6.35. The lowest BCUT2D eigenvalue weighted by molar-refractivity contribution is 0.0791. The average Bonchev–Trinajstić information content (AvgIpc) is 3.20. The summed E-state index contributed by atoms with van der Waals surface area (Å²) < 4.78 is 0. The van der Waals surface area contributed by atoms with E-state index in [2.05, 4.69) is 11.1 Å². The van der Waals surface area contributed by atoms with E-state index in [1.54, 1.807) is 18.3 Å². The predicted octanol–water partition coefficient (Wildman–Crippen LogP) is 5.69. The van der Waals surface area contributed by atoms with Crippen LogP contribution >= 0.6 is 23.2 Å². The summed E-state index contributed by atoms with van der Waals surface area (Å²) in [5.74, 6) is 0.414. The largest absolute Gasteiger partial charge is 0.338 e. The zero-order valence-electron chi connectivity index (χ0n) is 14.6. The molecule has 0 aliphatic carbocycles. The molecule has 4 rings (SSSR count). The van der Waals surface area contributed by atoms with Gasteiger partial charge in [-0.25, -0.2) is 0 Å². The Balaban J connectivity index is 1.49. The topological polar surface area (TPSA) is 33.2 Å². The molecule has 27 heavy (non-hydrogen) atoms. The zero-order chi connectivity index (χ0) is 18.8. The van der Waals surface area contributed by atoms with Crippen molar-refractivity contribution in [3.63, 3.8) is 0 Å². The van der Waals surface area contributed by atoms with Gasteiger partial charge in [0.15, 0.2) is 0 Å². The average molecular weight is 397 g/mol. The van der Waals surface area contributed by atoms with Gasteiger partial charge in [-0.2, -0.15) is 0 Å². The van der Waals surface area contributed by atoms with E-state index in [0.29, 0.717) is 21.5 Å². The van der Waals surface area contributed by atoms with E-state index < -0.39 is 0 Å². The predicted molar refractivity (Wildman–Crippen MR) is 109 cm³/mol. The van der Waals surface area contributed by atoms with Crippen molar-refractivity contribution in [1.29, 1.82) is 0 Å². The molecule has 1 aliphatic heterocycles. The van der Waals surface area contributed by atoms with Crippen LogP contribution in [-0.2, 0) is 0 Å². The van der Waals surface area contributed by atoms with E-state index in [1.165, 1.54) is 5.56 Å². The Kier molecular flexibility index (Phi) is 5.15. The van der Waals surface area contributed by atoms with Crippen LogP contribution in [0, 0.1) is 0 Å². The number of halogens is 2. The molecule has 3 aromatic rings. The second-order valence-corrected chi connectivity index (χ2v) is 7.57. The normalized spacial score (nSPS) is 16.5. The Hall–Kier alpha value is -2.36. The third-order valence-electron chi connectivity index (χ3n) is 5.00. The number of carbonyl (C=O) groups excluding carboxylic acids is 1. The van der Waals surface area contributed by atoms with Crippen LogP contribution in [-0.4, -0.2) is 28.9 Å². The molecule has 1 atom stereocenters. The number of nitrogens with zero attached hydrogens (tertiary/aromatic N) is 2. The monoisotopic (exact) mass is 396 g/mol. The molecule has 1 aliphatic rings. The summed E-state index contributed by atoms with van der Waals surface area (Å²) in [7, 11) is 0. The van der Waals surface area contributed by atoms with Crippen molar-refractivity contribution in [1.82, 2.24) is 9.88 Å². The van der Waals surface area contributed by atoms with Gasteiger partial charge in [-0.05, 0) is 53.9 Å². The molecule has 1 aromatic heterocycles. The van der Waals surface area contributed by atoms with Gasteiger partial charge in [0, 0.05) is 52.6 Å². The van der Waals surface area contributed by atoms with Gasteiger partial charge in [0.2, 0.25) is 0 Å². The Labute approximate surface area is 168 Å². The molecule has 1 fully saturated rings. The minimum atomic E-state index is 0.0603. The third-order valence-corrected chi connectivity index (χ3v) is 5.57. The van der Waals surface area contributed by atoms with Gasteiger partial charge in [-0.3, -0.25) is 9.78 Å². The molecule has 0 radical (unpaired) electrons. The molecule has 2 aromatic carbocycles. The fourth-order valence-corrected chi connectivity index (χ4v) is 3.93. The second kappa shape index (κ2) is 7.71. The van der Waals surface area contributed by atoms with E-state index in [0.717, 1.165) is 30.6 Å².